The van der Waals surface area contributed by atoms with Crippen LogP contribution in [0.25, 0.3) is 11.4 Å². The third-order valence-electron chi connectivity index (χ3n) is 3.57. The topological polar surface area (TPSA) is 127 Å². The van der Waals surface area contributed by atoms with E-state index in [9.17, 15) is 22.9 Å². The lowest BCUT2D eigenvalue weighted by molar-refractivity contribution is -0.134. The molecule has 0 aromatic carbocycles. The summed E-state index contributed by atoms with van der Waals surface area (Å²) >= 11 is 24.9. The van der Waals surface area contributed by atoms with Gasteiger partial charge in [-0.05, 0) is 58.0 Å². The smallest absolute Gasteiger partial charge is 0.307 e. The zero-order chi connectivity index (χ0) is 26.2. The maximum Gasteiger partial charge on any atom is 0.339 e. The second-order valence-corrected chi connectivity index (χ2v) is 13.3. The molecule has 4 heterocycles. The molecule has 0 bridgehead atoms. The highest BCUT2D eigenvalue weighted by Gasteiger charge is 2.31. The number of carbonyl (C=O) groups excluding carboxylic acids is 2. The van der Waals surface area contributed by atoms with Gasteiger partial charge in [-0.15, -0.1) is 0 Å². The molecule has 0 aliphatic carbocycles. The zero-order valence-electron chi connectivity index (χ0n) is 16.7. The van der Waals surface area contributed by atoms with Crippen LogP contribution in [-0.4, -0.2) is 43.8 Å². The van der Waals surface area contributed by atoms with Crippen molar-refractivity contribution in [1.29, 1.82) is 0 Å². The van der Waals surface area contributed by atoms with Crippen LogP contribution in [0, 0.1) is 5.82 Å². The Morgan fingerprint density at radius 1 is 0.857 bits per heavy atom. The molecule has 0 radical (unpaired) electrons. The number of amidine groups is 1. The van der Waals surface area contributed by atoms with Crippen LogP contribution in [0.2, 0.25) is 10.3 Å². The van der Waals surface area contributed by atoms with Crippen molar-refractivity contribution in [1.82, 2.24) is 25.3 Å². The predicted octanol–water partition coefficient (Wildman–Crippen LogP) is 5.62. The van der Waals surface area contributed by atoms with E-state index in [4.69, 9.17) is 23.2 Å². The maximum absolute atomic E-state index is 13.0. The molecule has 4 rings (SSSR count). The monoisotopic (exact) mass is 602 g/mol. The highest BCUT2D eigenvalue weighted by atomic mass is 36.0. The van der Waals surface area contributed by atoms with E-state index in [1.165, 1.54) is 12.4 Å². The fourth-order valence-electron chi connectivity index (χ4n) is 2.16. The fourth-order valence-corrected chi connectivity index (χ4v) is 2.55. The van der Waals surface area contributed by atoms with Crippen LogP contribution in [0.1, 0.15) is 5.56 Å². The third kappa shape index (κ3) is 9.71. The first-order valence-corrected chi connectivity index (χ1v) is 14.0. The molecular formula is C18H10Cl5F2N6O3P. The average molecular weight is 605 g/mol. The normalized spacial score (nSPS) is 15.1. The first-order chi connectivity index (χ1) is 16.4. The van der Waals surface area contributed by atoms with E-state index in [0.29, 0.717) is 11.1 Å². The molecule has 1 unspecified atom stereocenters. The minimum Gasteiger partial charge on any atom is -0.307 e. The minimum absolute atomic E-state index is 0.0568. The predicted molar refractivity (Wildman–Crippen MR) is 129 cm³/mol. The molecule has 1 aliphatic heterocycles. The molecule has 2 amide bonds. The van der Waals surface area contributed by atoms with Gasteiger partial charge in [0, 0.05) is 35.9 Å². The van der Waals surface area contributed by atoms with E-state index in [1.54, 1.807) is 36.7 Å². The van der Waals surface area contributed by atoms with Crippen LogP contribution in [0.3, 0.4) is 0 Å². The zero-order valence-corrected chi connectivity index (χ0v) is 21.4. The van der Waals surface area contributed by atoms with Crippen molar-refractivity contribution < 1.29 is 22.9 Å². The van der Waals surface area contributed by atoms with Gasteiger partial charge in [0.05, 0.1) is 0 Å². The second-order valence-electron chi connectivity index (χ2n) is 5.96. The van der Waals surface area contributed by atoms with Crippen molar-refractivity contribution in [2.45, 2.75) is 6.17 Å². The van der Waals surface area contributed by atoms with Crippen LogP contribution in [0.4, 0.5) is 8.78 Å². The number of halogens is 7. The molecule has 0 fully saturated rings. The van der Waals surface area contributed by atoms with E-state index >= 15 is 0 Å². The number of pyridine rings is 2. The quantitative estimate of drug-likeness (QED) is 0.229. The first kappa shape index (κ1) is 29.0. The Bertz CT molecular complexity index is 1250. The van der Waals surface area contributed by atoms with E-state index < -0.39 is 29.0 Å². The van der Waals surface area contributed by atoms with Crippen molar-refractivity contribution >= 4 is 79.8 Å². The van der Waals surface area contributed by atoms with Gasteiger partial charge in [0.1, 0.15) is 5.84 Å². The second kappa shape index (κ2) is 13.2. The van der Waals surface area contributed by atoms with Gasteiger partial charge in [-0.2, -0.15) is 4.99 Å². The summed E-state index contributed by atoms with van der Waals surface area (Å²) in [6, 6.07) is 6.48. The number of carbonyl (C=O) groups is 2. The lowest BCUT2D eigenvalue weighted by Crippen LogP contribution is -2.45. The molecule has 1 aliphatic rings. The van der Waals surface area contributed by atoms with Crippen molar-refractivity contribution in [2.24, 2.45) is 4.99 Å². The summed E-state index contributed by atoms with van der Waals surface area (Å²) in [5, 5.41) is -1.60. The van der Waals surface area contributed by atoms with E-state index in [0.717, 1.165) is 0 Å². The van der Waals surface area contributed by atoms with Crippen molar-refractivity contribution in [2.75, 3.05) is 0 Å². The molecule has 3 aromatic heterocycles. The molecule has 0 saturated carbocycles. The standard InChI is InChI=1S/C9H4Cl2FN3.C9H6FN3O2.Cl3OP/c10-7-6(12)8(11)15-9(14-7)5-1-3-13-4-2-5;10-6-8(14)12-7(13-9(6)15)5-1-3-11-4-2-5;1-5(2,3)4/h1-4H;1-4,6H,(H,12,13,14,15);. The van der Waals surface area contributed by atoms with Crippen LogP contribution in [0.5, 0.6) is 0 Å². The molecule has 1 N–H and O–H groups in total. The SMILES string of the molecule is Fc1c(Cl)nc(-c2ccncc2)nc1Cl.O=C1N=C(c2ccncc2)NC(=O)C1F.O=P(Cl)(Cl)Cl. The molecular weight excluding hydrogens is 594 g/mol. The largest absolute Gasteiger partial charge is 0.339 e. The Hall–Kier alpha value is -2.27. The lowest BCUT2D eigenvalue weighted by Gasteiger charge is -2.14. The molecule has 0 spiro atoms. The fraction of sp³-hybridized carbons (Fsp3) is 0.0556. The lowest BCUT2D eigenvalue weighted by atomic mass is 10.2. The summed E-state index contributed by atoms with van der Waals surface area (Å²) < 4.78 is 35.3. The van der Waals surface area contributed by atoms with Crippen LogP contribution < -0.4 is 5.32 Å². The Morgan fingerprint density at radius 2 is 1.29 bits per heavy atom. The van der Waals surface area contributed by atoms with E-state index in [1.807, 2.05) is 0 Å². The highest BCUT2D eigenvalue weighted by molar-refractivity contribution is 8.24. The number of rotatable bonds is 2. The Balaban J connectivity index is 0.000000208. The van der Waals surface area contributed by atoms with Crippen LogP contribution in [0.15, 0.2) is 54.0 Å². The summed E-state index contributed by atoms with van der Waals surface area (Å²) in [5.74, 6) is -2.54. The molecule has 0 saturated heterocycles. The van der Waals surface area contributed by atoms with Crippen LogP contribution in [-0.2, 0) is 14.2 Å². The van der Waals surface area contributed by atoms with Crippen molar-refractivity contribution in [3.8, 4) is 11.4 Å². The molecule has 3 aromatic rings. The van der Waals surface area contributed by atoms with Gasteiger partial charge >= 0.3 is 5.20 Å². The summed E-state index contributed by atoms with van der Waals surface area (Å²) in [5.41, 5.74) is 1.19. The van der Waals surface area contributed by atoms with Gasteiger partial charge in [-0.25, -0.2) is 18.7 Å². The number of nitrogens with one attached hydrogen (secondary N) is 1. The number of amides is 2. The Morgan fingerprint density at radius 3 is 1.71 bits per heavy atom. The Kier molecular flexibility index (Phi) is 10.9. The Labute approximate surface area is 220 Å². The molecule has 184 valence electrons. The minimum atomic E-state index is -3.22. The molecule has 1 atom stereocenters. The summed E-state index contributed by atoms with van der Waals surface area (Å²) in [4.78, 5) is 40.5. The van der Waals surface area contributed by atoms with E-state index in [-0.39, 0.29) is 22.0 Å². The van der Waals surface area contributed by atoms with Gasteiger partial charge in [0.15, 0.2) is 21.9 Å². The van der Waals surface area contributed by atoms with E-state index in [2.05, 4.69) is 64.0 Å². The van der Waals surface area contributed by atoms with Gasteiger partial charge in [0.2, 0.25) is 0 Å². The van der Waals surface area contributed by atoms with Crippen molar-refractivity contribution in [3.05, 3.63) is 70.7 Å². The molecule has 9 nitrogen and oxygen atoms in total. The number of aromatic nitrogens is 4. The number of hydrogen-bond donors (Lipinski definition) is 1. The summed E-state index contributed by atoms with van der Waals surface area (Å²) in [6.07, 6.45) is 3.91. The van der Waals surface area contributed by atoms with Crippen molar-refractivity contribution in [3.63, 3.8) is 0 Å². The van der Waals surface area contributed by atoms with Gasteiger partial charge in [-0.1, -0.05) is 23.2 Å². The number of hydrogen-bond acceptors (Lipinski definition) is 7. The maximum atomic E-state index is 13.0. The third-order valence-corrected chi connectivity index (χ3v) is 4.07. The number of aliphatic imine (C=N–C) groups is 1. The summed E-state index contributed by atoms with van der Waals surface area (Å²) in [7, 11) is 0. The van der Waals surface area contributed by atoms with Gasteiger partial charge < -0.3 is 5.32 Å². The first-order valence-electron chi connectivity index (χ1n) is 8.82. The average Bonchev–Trinajstić information content (AvgIpc) is 2.81. The summed E-state index contributed by atoms with van der Waals surface area (Å²) in [6.45, 7) is 0. The molecule has 35 heavy (non-hydrogen) atoms. The highest BCUT2D eigenvalue weighted by Crippen LogP contribution is 2.61. The van der Waals surface area contributed by atoms with Gasteiger partial charge in [-0.3, -0.25) is 24.1 Å². The number of nitrogens with zero attached hydrogens (tertiary/aromatic N) is 5. The van der Waals surface area contributed by atoms with Crippen LogP contribution >= 0.6 is 62.1 Å². The molecule has 17 heteroatoms. The number of alkyl halides is 1. The van der Waals surface area contributed by atoms with Gasteiger partial charge in [0.25, 0.3) is 18.0 Å².